The summed E-state index contributed by atoms with van der Waals surface area (Å²) in [5.41, 5.74) is 1.83. The van der Waals surface area contributed by atoms with Crippen LogP contribution in [-0.4, -0.2) is 62.9 Å². The summed E-state index contributed by atoms with van der Waals surface area (Å²) in [6.07, 6.45) is 2.25. The van der Waals surface area contributed by atoms with Crippen LogP contribution in [0.3, 0.4) is 0 Å². The van der Waals surface area contributed by atoms with Crippen molar-refractivity contribution in [2.75, 3.05) is 19.6 Å². The third-order valence-corrected chi connectivity index (χ3v) is 5.93. The van der Waals surface area contributed by atoms with E-state index < -0.39 is 0 Å². The standard InChI is InChI=1S/C21H27ClN6O/c1-21(2,3)26-19(29)12-28-14-4-5-15(28)10-27(9-14)11-18-24-17-7-13(8-23)6-16(22)20(17)25-18/h6-7,14-15H,4-5,9-12H2,1-3H3,(H,24,25)(H,26,29). The second-order valence-electron chi connectivity index (χ2n) is 9.20. The van der Waals surface area contributed by atoms with Crippen LogP contribution in [0.1, 0.15) is 45.0 Å². The van der Waals surface area contributed by atoms with Crippen LogP contribution in [-0.2, 0) is 11.3 Å². The van der Waals surface area contributed by atoms with Crippen LogP contribution in [0, 0.1) is 11.3 Å². The van der Waals surface area contributed by atoms with Gasteiger partial charge in [0.1, 0.15) is 11.3 Å². The average Bonchev–Trinajstić information content (AvgIpc) is 3.11. The molecular formula is C21H27ClN6O. The molecular weight excluding hydrogens is 388 g/mol. The molecule has 1 amide bonds. The molecule has 2 atom stereocenters. The Morgan fingerprint density at radius 2 is 2.03 bits per heavy atom. The Bertz CT molecular complexity index is 958. The summed E-state index contributed by atoms with van der Waals surface area (Å²) in [5, 5.41) is 12.7. The maximum Gasteiger partial charge on any atom is 0.234 e. The highest BCUT2D eigenvalue weighted by atomic mass is 35.5. The van der Waals surface area contributed by atoms with Crippen LogP contribution in [0.2, 0.25) is 5.02 Å². The number of imidazole rings is 1. The van der Waals surface area contributed by atoms with Gasteiger partial charge in [0.05, 0.1) is 35.3 Å². The van der Waals surface area contributed by atoms with Gasteiger partial charge in [-0.2, -0.15) is 5.26 Å². The molecule has 154 valence electrons. The number of aromatic nitrogens is 2. The van der Waals surface area contributed by atoms with E-state index in [-0.39, 0.29) is 11.4 Å². The average molecular weight is 415 g/mol. The molecule has 2 fully saturated rings. The van der Waals surface area contributed by atoms with E-state index in [1.54, 1.807) is 12.1 Å². The number of carbonyl (C=O) groups is 1. The molecule has 0 radical (unpaired) electrons. The van der Waals surface area contributed by atoms with Crippen LogP contribution in [0.4, 0.5) is 0 Å². The summed E-state index contributed by atoms with van der Waals surface area (Å²) < 4.78 is 0. The van der Waals surface area contributed by atoms with E-state index in [2.05, 4.69) is 31.2 Å². The minimum Gasteiger partial charge on any atom is -0.350 e. The molecule has 7 nitrogen and oxygen atoms in total. The molecule has 0 aliphatic carbocycles. The van der Waals surface area contributed by atoms with E-state index in [9.17, 15) is 4.79 Å². The second-order valence-corrected chi connectivity index (χ2v) is 9.61. The first-order valence-corrected chi connectivity index (χ1v) is 10.5. The van der Waals surface area contributed by atoms with Gasteiger partial charge in [-0.3, -0.25) is 14.6 Å². The number of amides is 1. The quantitative estimate of drug-likeness (QED) is 0.802. The molecule has 2 unspecified atom stereocenters. The van der Waals surface area contributed by atoms with Crippen LogP contribution >= 0.6 is 11.6 Å². The lowest BCUT2D eigenvalue weighted by Crippen LogP contribution is -2.56. The van der Waals surface area contributed by atoms with Crippen molar-refractivity contribution in [3.05, 3.63) is 28.5 Å². The fourth-order valence-electron chi connectivity index (χ4n) is 4.57. The van der Waals surface area contributed by atoms with Gasteiger partial charge in [0.2, 0.25) is 5.91 Å². The highest BCUT2D eigenvalue weighted by molar-refractivity contribution is 6.35. The third kappa shape index (κ3) is 4.40. The number of benzene rings is 1. The first-order chi connectivity index (χ1) is 13.7. The number of aromatic amines is 1. The minimum absolute atomic E-state index is 0.100. The first kappa shape index (κ1) is 20.1. The van der Waals surface area contributed by atoms with Crippen LogP contribution in [0.5, 0.6) is 0 Å². The van der Waals surface area contributed by atoms with Crippen LogP contribution in [0.15, 0.2) is 12.1 Å². The van der Waals surface area contributed by atoms with Gasteiger partial charge in [-0.25, -0.2) is 4.98 Å². The van der Waals surface area contributed by atoms with Crippen molar-refractivity contribution in [1.29, 1.82) is 5.26 Å². The Kier molecular flexibility index (Phi) is 5.28. The highest BCUT2D eigenvalue weighted by Crippen LogP contribution is 2.31. The van der Waals surface area contributed by atoms with E-state index >= 15 is 0 Å². The van der Waals surface area contributed by atoms with E-state index in [1.165, 1.54) is 0 Å². The van der Waals surface area contributed by atoms with Gasteiger partial charge in [-0.05, 0) is 45.7 Å². The summed E-state index contributed by atoms with van der Waals surface area (Å²) >= 11 is 6.27. The van der Waals surface area contributed by atoms with Gasteiger partial charge in [-0.15, -0.1) is 0 Å². The third-order valence-electron chi connectivity index (χ3n) is 5.64. The molecule has 1 aromatic heterocycles. The minimum atomic E-state index is -0.202. The number of hydrogen-bond acceptors (Lipinski definition) is 5. The molecule has 0 saturated carbocycles. The van der Waals surface area contributed by atoms with Gasteiger partial charge in [-0.1, -0.05) is 11.6 Å². The maximum absolute atomic E-state index is 12.4. The molecule has 3 heterocycles. The Balaban J connectivity index is 1.42. The number of rotatable bonds is 4. The lowest BCUT2D eigenvalue weighted by Gasteiger charge is -2.40. The molecule has 2 aliphatic heterocycles. The van der Waals surface area contributed by atoms with Crippen LogP contribution < -0.4 is 5.32 Å². The molecule has 0 spiro atoms. The smallest absolute Gasteiger partial charge is 0.234 e. The number of piperazine rings is 1. The molecule has 2 bridgehead atoms. The number of H-pyrrole nitrogens is 1. The molecule has 4 rings (SSSR count). The summed E-state index contributed by atoms with van der Waals surface area (Å²) in [4.78, 5) is 25.1. The van der Waals surface area contributed by atoms with Crippen molar-refractivity contribution in [3.63, 3.8) is 0 Å². The highest BCUT2D eigenvalue weighted by Gasteiger charge is 2.40. The molecule has 2 saturated heterocycles. The topological polar surface area (TPSA) is 88.1 Å². The van der Waals surface area contributed by atoms with Gasteiger partial charge in [0, 0.05) is 30.7 Å². The lowest BCUT2D eigenvalue weighted by atomic mass is 10.1. The SMILES string of the molecule is CC(C)(C)NC(=O)CN1C2CCC1CN(Cc1nc3c(Cl)cc(C#N)cc3[nH]1)C2. The lowest BCUT2D eigenvalue weighted by molar-refractivity contribution is -0.125. The second kappa shape index (κ2) is 7.60. The number of hydrogen-bond donors (Lipinski definition) is 2. The van der Waals surface area contributed by atoms with Crippen molar-refractivity contribution >= 4 is 28.5 Å². The molecule has 8 heteroatoms. The van der Waals surface area contributed by atoms with E-state index in [1.807, 2.05) is 20.8 Å². The fraction of sp³-hybridized carbons (Fsp3) is 0.571. The number of nitrogens with zero attached hydrogens (tertiary/aromatic N) is 4. The molecule has 2 N–H and O–H groups in total. The van der Waals surface area contributed by atoms with Crippen LogP contribution in [0.25, 0.3) is 11.0 Å². The van der Waals surface area contributed by atoms with Crippen molar-refractivity contribution in [2.45, 2.75) is 57.8 Å². The number of halogens is 1. The first-order valence-electron chi connectivity index (χ1n) is 10.1. The Morgan fingerprint density at radius 1 is 1.34 bits per heavy atom. The predicted molar refractivity (Wildman–Crippen MR) is 113 cm³/mol. The maximum atomic E-state index is 12.4. The van der Waals surface area contributed by atoms with Crippen molar-refractivity contribution in [1.82, 2.24) is 25.1 Å². The van der Waals surface area contributed by atoms with Gasteiger partial charge in [0.15, 0.2) is 0 Å². The Morgan fingerprint density at radius 3 is 2.66 bits per heavy atom. The van der Waals surface area contributed by atoms with Gasteiger partial charge < -0.3 is 10.3 Å². The zero-order valence-corrected chi connectivity index (χ0v) is 17.9. The Labute approximate surface area is 176 Å². The largest absolute Gasteiger partial charge is 0.350 e. The van der Waals surface area contributed by atoms with E-state index in [0.29, 0.717) is 41.3 Å². The van der Waals surface area contributed by atoms with Crippen molar-refractivity contribution in [3.8, 4) is 6.07 Å². The molecule has 2 aliphatic rings. The number of likely N-dealkylation sites (tertiary alicyclic amines) is 1. The zero-order chi connectivity index (χ0) is 20.8. The molecule has 29 heavy (non-hydrogen) atoms. The molecule has 1 aromatic carbocycles. The van der Waals surface area contributed by atoms with Crippen molar-refractivity contribution < 1.29 is 4.79 Å². The predicted octanol–water partition coefficient (Wildman–Crippen LogP) is 2.65. The van der Waals surface area contributed by atoms with E-state index in [4.69, 9.17) is 16.9 Å². The van der Waals surface area contributed by atoms with E-state index in [0.717, 1.165) is 37.3 Å². The fourth-order valence-corrected chi connectivity index (χ4v) is 4.83. The summed E-state index contributed by atoms with van der Waals surface area (Å²) in [7, 11) is 0. The summed E-state index contributed by atoms with van der Waals surface area (Å²) in [5.74, 6) is 0.957. The summed E-state index contributed by atoms with van der Waals surface area (Å²) in [6.45, 7) is 9.06. The monoisotopic (exact) mass is 414 g/mol. The number of carbonyl (C=O) groups excluding carboxylic acids is 1. The number of fused-ring (bicyclic) bond motifs is 3. The summed E-state index contributed by atoms with van der Waals surface area (Å²) in [6, 6.07) is 6.36. The normalized spacial score (nSPS) is 22.7. The zero-order valence-electron chi connectivity index (χ0n) is 17.1. The van der Waals surface area contributed by atoms with Crippen molar-refractivity contribution in [2.24, 2.45) is 0 Å². The molecule has 2 aromatic rings. The number of nitrogens with one attached hydrogen (secondary N) is 2. The van der Waals surface area contributed by atoms with Gasteiger partial charge >= 0.3 is 0 Å². The van der Waals surface area contributed by atoms with Gasteiger partial charge in [0.25, 0.3) is 0 Å². The number of nitriles is 1. The Hall–Kier alpha value is -2.14.